The first-order valence-electron chi connectivity index (χ1n) is 5.04. The Morgan fingerprint density at radius 1 is 1.31 bits per heavy atom. The quantitative estimate of drug-likeness (QED) is 0.702. The first-order chi connectivity index (χ1) is 6.03. The molecule has 0 aromatic heterocycles. The van der Waals surface area contributed by atoms with Crippen molar-refractivity contribution in [1.29, 1.82) is 0 Å². The van der Waals surface area contributed by atoms with Crippen LogP contribution in [0, 0.1) is 0 Å². The van der Waals surface area contributed by atoms with Crippen LogP contribution in [0.5, 0.6) is 0 Å². The van der Waals surface area contributed by atoms with E-state index in [2.05, 4.69) is 6.92 Å². The zero-order chi connectivity index (χ0) is 10.1. The third kappa shape index (κ3) is 2.05. The molecule has 0 spiro atoms. The molecule has 1 rings (SSSR count). The van der Waals surface area contributed by atoms with Crippen LogP contribution in [0.2, 0.25) is 0 Å². The van der Waals surface area contributed by atoms with Gasteiger partial charge in [-0.2, -0.15) is 4.31 Å². The predicted molar refractivity (Wildman–Crippen MR) is 54.1 cm³/mol. The number of sulfonamides is 1. The van der Waals surface area contributed by atoms with Crippen molar-refractivity contribution in [2.75, 3.05) is 5.75 Å². The van der Waals surface area contributed by atoms with Gasteiger partial charge < -0.3 is 0 Å². The van der Waals surface area contributed by atoms with E-state index in [9.17, 15) is 8.42 Å². The van der Waals surface area contributed by atoms with E-state index in [1.54, 1.807) is 11.2 Å². The van der Waals surface area contributed by atoms with Crippen molar-refractivity contribution >= 4 is 10.0 Å². The van der Waals surface area contributed by atoms with Gasteiger partial charge in [-0.25, -0.2) is 8.42 Å². The van der Waals surface area contributed by atoms with Gasteiger partial charge in [0.15, 0.2) is 0 Å². The standard InChI is InChI=1S/C9H19NO2S/c1-4-9-7-6-8(3)10(9)13(11,12)5-2/h8-9H,4-7H2,1-3H3. The second-order valence-corrected chi connectivity index (χ2v) is 5.88. The predicted octanol–water partition coefficient (Wildman–Crippen LogP) is 1.60. The van der Waals surface area contributed by atoms with Crippen LogP contribution in [0.1, 0.15) is 40.0 Å². The number of hydrogen-bond donors (Lipinski definition) is 0. The topological polar surface area (TPSA) is 37.4 Å². The summed E-state index contributed by atoms with van der Waals surface area (Å²) in [5, 5.41) is 0. The summed E-state index contributed by atoms with van der Waals surface area (Å²) in [6.07, 6.45) is 2.97. The largest absolute Gasteiger partial charge is 0.214 e. The molecule has 2 unspecified atom stereocenters. The Balaban J connectivity index is 2.87. The maximum atomic E-state index is 11.7. The second-order valence-electron chi connectivity index (χ2n) is 3.72. The van der Waals surface area contributed by atoms with E-state index in [-0.39, 0.29) is 17.8 Å². The van der Waals surface area contributed by atoms with Crippen molar-refractivity contribution in [3.8, 4) is 0 Å². The Hall–Kier alpha value is -0.0900. The summed E-state index contributed by atoms with van der Waals surface area (Å²) in [5.74, 6) is 0.230. The highest BCUT2D eigenvalue weighted by molar-refractivity contribution is 7.89. The number of hydrogen-bond acceptors (Lipinski definition) is 2. The van der Waals surface area contributed by atoms with Crippen LogP contribution in [0.25, 0.3) is 0 Å². The molecule has 1 aliphatic rings. The van der Waals surface area contributed by atoms with E-state index in [0.29, 0.717) is 0 Å². The van der Waals surface area contributed by atoms with Crippen LogP contribution >= 0.6 is 0 Å². The summed E-state index contributed by atoms with van der Waals surface area (Å²) in [5.41, 5.74) is 0. The van der Waals surface area contributed by atoms with E-state index in [4.69, 9.17) is 0 Å². The van der Waals surface area contributed by atoms with E-state index in [1.165, 1.54) is 0 Å². The molecule has 1 heterocycles. The Bertz CT molecular complexity index is 261. The molecular formula is C9H19NO2S. The highest BCUT2D eigenvalue weighted by Gasteiger charge is 2.36. The normalized spacial score (nSPS) is 31.0. The van der Waals surface area contributed by atoms with Gasteiger partial charge in [-0.15, -0.1) is 0 Å². The molecule has 1 fully saturated rings. The molecule has 1 saturated heterocycles. The van der Waals surface area contributed by atoms with E-state index in [0.717, 1.165) is 19.3 Å². The van der Waals surface area contributed by atoms with Crippen LogP contribution in [-0.4, -0.2) is 30.6 Å². The maximum Gasteiger partial charge on any atom is 0.214 e. The van der Waals surface area contributed by atoms with Crippen molar-refractivity contribution in [2.24, 2.45) is 0 Å². The molecule has 0 N–H and O–H groups in total. The smallest absolute Gasteiger partial charge is 0.212 e. The average molecular weight is 205 g/mol. The highest BCUT2D eigenvalue weighted by atomic mass is 32.2. The summed E-state index contributed by atoms with van der Waals surface area (Å²) in [6, 6.07) is 0.454. The van der Waals surface area contributed by atoms with Crippen molar-refractivity contribution < 1.29 is 8.42 Å². The summed E-state index contributed by atoms with van der Waals surface area (Å²) in [4.78, 5) is 0. The lowest BCUT2D eigenvalue weighted by molar-refractivity contribution is 0.329. The summed E-state index contributed by atoms with van der Waals surface area (Å²) >= 11 is 0. The molecule has 0 aliphatic carbocycles. The fourth-order valence-electron chi connectivity index (χ4n) is 2.08. The lowest BCUT2D eigenvalue weighted by atomic mass is 10.2. The molecule has 0 saturated carbocycles. The van der Waals surface area contributed by atoms with Gasteiger partial charge in [0, 0.05) is 12.1 Å². The van der Waals surface area contributed by atoms with Gasteiger partial charge >= 0.3 is 0 Å². The van der Waals surface area contributed by atoms with Crippen molar-refractivity contribution in [3.05, 3.63) is 0 Å². The average Bonchev–Trinajstić information content (AvgIpc) is 2.47. The molecule has 4 heteroatoms. The SMILES string of the molecule is CCC1CCC(C)N1S(=O)(=O)CC. The molecule has 1 aliphatic heterocycles. The van der Waals surface area contributed by atoms with Crippen LogP contribution < -0.4 is 0 Å². The van der Waals surface area contributed by atoms with Crippen molar-refractivity contribution in [3.63, 3.8) is 0 Å². The molecule has 0 amide bonds. The molecule has 3 nitrogen and oxygen atoms in total. The van der Waals surface area contributed by atoms with Gasteiger partial charge in [0.1, 0.15) is 0 Å². The molecule has 78 valence electrons. The van der Waals surface area contributed by atoms with Gasteiger partial charge in [-0.3, -0.25) is 0 Å². The molecule has 0 bridgehead atoms. The van der Waals surface area contributed by atoms with Crippen LogP contribution in [-0.2, 0) is 10.0 Å². The van der Waals surface area contributed by atoms with E-state index in [1.807, 2.05) is 6.92 Å². The first-order valence-corrected chi connectivity index (χ1v) is 6.65. The van der Waals surface area contributed by atoms with Crippen molar-refractivity contribution in [1.82, 2.24) is 4.31 Å². The zero-order valence-corrected chi connectivity index (χ0v) is 9.47. The number of nitrogens with zero attached hydrogens (tertiary/aromatic N) is 1. The molecule has 0 aromatic rings. The van der Waals surface area contributed by atoms with Crippen LogP contribution in [0.3, 0.4) is 0 Å². The minimum absolute atomic E-state index is 0.204. The molecule has 0 radical (unpaired) electrons. The van der Waals surface area contributed by atoms with E-state index >= 15 is 0 Å². The molecule has 13 heavy (non-hydrogen) atoms. The third-order valence-corrected chi connectivity index (χ3v) is 4.90. The Labute approximate surface area is 81.2 Å². The summed E-state index contributed by atoms with van der Waals surface area (Å²) < 4.78 is 25.1. The zero-order valence-electron chi connectivity index (χ0n) is 8.66. The first kappa shape index (κ1) is 11.0. The van der Waals surface area contributed by atoms with Crippen molar-refractivity contribution in [2.45, 2.75) is 52.1 Å². The van der Waals surface area contributed by atoms with Gasteiger partial charge in [-0.1, -0.05) is 6.92 Å². The summed E-state index contributed by atoms with van der Waals surface area (Å²) in [7, 11) is -2.98. The lowest BCUT2D eigenvalue weighted by Crippen LogP contribution is -2.40. The Morgan fingerprint density at radius 3 is 2.38 bits per heavy atom. The minimum Gasteiger partial charge on any atom is -0.212 e. The fourth-order valence-corrected chi connectivity index (χ4v) is 3.74. The minimum atomic E-state index is -2.98. The third-order valence-electron chi connectivity index (χ3n) is 2.87. The fraction of sp³-hybridized carbons (Fsp3) is 1.00. The Morgan fingerprint density at radius 2 is 1.92 bits per heavy atom. The van der Waals surface area contributed by atoms with E-state index < -0.39 is 10.0 Å². The molecule has 0 aromatic carbocycles. The van der Waals surface area contributed by atoms with Gasteiger partial charge in [0.2, 0.25) is 10.0 Å². The van der Waals surface area contributed by atoms with Gasteiger partial charge in [0.25, 0.3) is 0 Å². The van der Waals surface area contributed by atoms with Crippen LogP contribution in [0.15, 0.2) is 0 Å². The maximum absolute atomic E-state index is 11.7. The second kappa shape index (κ2) is 3.96. The summed E-state index contributed by atoms with van der Waals surface area (Å²) in [6.45, 7) is 5.77. The van der Waals surface area contributed by atoms with Crippen LogP contribution in [0.4, 0.5) is 0 Å². The number of rotatable bonds is 3. The lowest BCUT2D eigenvalue weighted by Gasteiger charge is -2.26. The Kier molecular flexibility index (Phi) is 3.35. The molecular weight excluding hydrogens is 186 g/mol. The van der Waals surface area contributed by atoms with Gasteiger partial charge in [0.05, 0.1) is 5.75 Å². The monoisotopic (exact) mass is 205 g/mol. The molecule has 2 atom stereocenters. The van der Waals surface area contributed by atoms with Gasteiger partial charge in [-0.05, 0) is 33.1 Å². The highest BCUT2D eigenvalue weighted by Crippen LogP contribution is 2.28.